The Labute approximate surface area is 283 Å². The molecule has 0 bridgehead atoms. The standard InChI is InChI=1S/C36H38F2N6O4S/c1-6-9-36(10-11-36)49(47,48)44-21-24(3)32-28(33(45)40-20-29-23(2)16-25(4)41-34(29)46)17-27(18-30(32)44)26-7-8-31(39-19-26)43-14-12-42(13-15-43)22-35(5,37)38/h6-8,12-19,21H,1,9-11,20,22H2,2-5H3,(H,40,45)(H,41,46). The van der Waals surface area contributed by atoms with E-state index in [-0.39, 0.29) is 17.7 Å². The van der Waals surface area contributed by atoms with Crippen molar-refractivity contribution in [2.45, 2.75) is 64.2 Å². The molecule has 3 aromatic heterocycles. The molecule has 0 radical (unpaired) electrons. The third-order valence-corrected chi connectivity index (χ3v) is 11.5. The number of halogens is 2. The zero-order valence-corrected chi connectivity index (χ0v) is 28.6. The highest BCUT2D eigenvalue weighted by Gasteiger charge is 2.54. The maximum Gasteiger partial charge on any atom is 0.262 e. The van der Waals surface area contributed by atoms with Gasteiger partial charge in [-0.15, -0.1) is 6.58 Å². The third kappa shape index (κ3) is 6.54. The van der Waals surface area contributed by atoms with Gasteiger partial charge >= 0.3 is 0 Å². The van der Waals surface area contributed by atoms with Crippen molar-refractivity contribution < 1.29 is 22.0 Å². The van der Waals surface area contributed by atoms with Gasteiger partial charge in [-0.2, -0.15) is 0 Å². The zero-order chi connectivity index (χ0) is 35.3. The zero-order valence-electron chi connectivity index (χ0n) is 27.8. The molecule has 1 fully saturated rings. The molecule has 1 aromatic carbocycles. The van der Waals surface area contributed by atoms with Crippen molar-refractivity contribution in [1.82, 2.24) is 24.2 Å². The van der Waals surface area contributed by atoms with Gasteiger partial charge in [0, 0.05) is 78.4 Å². The van der Waals surface area contributed by atoms with E-state index >= 15 is 0 Å². The van der Waals surface area contributed by atoms with E-state index in [0.717, 1.165) is 12.5 Å². The summed E-state index contributed by atoms with van der Waals surface area (Å²) in [5, 5.41) is 3.37. The van der Waals surface area contributed by atoms with E-state index in [1.54, 1.807) is 80.8 Å². The molecule has 1 saturated carbocycles. The summed E-state index contributed by atoms with van der Waals surface area (Å²) in [5.41, 5.74) is 4.00. The second-order valence-electron chi connectivity index (χ2n) is 13.0. The lowest BCUT2D eigenvalue weighted by Gasteiger charge is -2.26. The van der Waals surface area contributed by atoms with E-state index in [2.05, 4.69) is 21.9 Å². The molecule has 4 heterocycles. The van der Waals surface area contributed by atoms with Crippen LogP contribution in [0.2, 0.25) is 0 Å². The van der Waals surface area contributed by atoms with Crippen molar-refractivity contribution in [3.8, 4) is 11.1 Å². The first-order valence-electron chi connectivity index (χ1n) is 15.9. The lowest BCUT2D eigenvalue weighted by molar-refractivity contribution is 0.00535. The molecule has 1 amide bonds. The van der Waals surface area contributed by atoms with Crippen molar-refractivity contribution in [2.24, 2.45) is 0 Å². The van der Waals surface area contributed by atoms with E-state index in [1.165, 1.54) is 21.3 Å². The predicted octanol–water partition coefficient (Wildman–Crippen LogP) is 6.25. The van der Waals surface area contributed by atoms with Crippen LogP contribution in [0.15, 0.2) is 85.0 Å². The van der Waals surface area contributed by atoms with Crippen molar-refractivity contribution in [3.05, 3.63) is 118 Å². The van der Waals surface area contributed by atoms with E-state index in [4.69, 9.17) is 0 Å². The Kier molecular flexibility index (Phi) is 8.60. The summed E-state index contributed by atoms with van der Waals surface area (Å²) in [6.07, 6.45) is 12.5. The summed E-state index contributed by atoms with van der Waals surface area (Å²) >= 11 is 0. The predicted molar refractivity (Wildman–Crippen MR) is 187 cm³/mol. The molecular formula is C36H38F2N6O4S. The molecule has 2 N–H and O–H groups in total. The third-order valence-electron chi connectivity index (χ3n) is 9.00. The Morgan fingerprint density at radius 3 is 2.39 bits per heavy atom. The van der Waals surface area contributed by atoms with Gasteiger partial charge < -0.3 is 20.1 Å². The van der Waals surface area contributed by atoms with Gasteiger partial charge in [-0.1, -0.05) is 6.08 Å². The highest BCUT2D eigenvalue weighted by Crippen LogP contribution is 2.49. The molecule has 0 atom stereocenters. The van der Waals surface area contributed by atoms with Crippen molar-refractivity contribution >= 4 is 32.7 Å². The van der Waals surface area contributed by atoms with Crippen LogP contribution >= 0.6 is 0 Å². The largest absolute Gasteiger partial charge is 0.348 e. The number of anilines is 1. The number of allylic oxidation sites excluding steroid dienone is 1. The van der Waals surface area contributed by atoms with Crippen LogP contribution in [0, 0.1) is 20.8 Å². The number of alkyl halides is 2. The second kappa shape index (κ2) is 12.4. The Bertz CT molecular complexity index is 2180. The molecule has 1 aliphatic heterocycles. The first-order valence-corrected chi connectivity index (χ1v) is 17.3. The van der Waals surface area contributed by atoms with Gasteiger partial charge in [0.25, 0.3) is 17.4 Å². The summed E-state index contributed by atoms with van der Waals surface area (Å²) in [6.45, 7) is 9.52. The number of benzene rings is 1. The Balaban J connectivity index is 1.39. The first-order chi connectivity index (χ1) is 23.1. The van der Waals surface area contributed by atoms with E-state index in [0.29, 0.717) is 63.9 Å². The number of amides is 1. The number of carbonyl (C=O) groups is 1. The van der Waals surface area contributed by atoms with Gasteiger partial charge in [-0.3, -0.25) is 9.59 Å². The highest BCUT2D eigenvalue weighted by atomic mass is 32.2. The number of H-pyrrole nitrogens is 1. The number of nitrogens with one attached hydrogen (secondary N) is 2. The van der Waals surface area contributed by atoms with Crippen LogP contribution in [0.4, 0.5) is 14.6 Å². The van der Waals surface area contributed by atoms with Gasteiger partial charge in [0.1, 0.15) is 5.82 Å². The Morgan fingerprint density at radius 1 is 1.08 bits per heavy atom. The van der Waals surface area contributed by atoms with Crippen LogP contribution < -0.4 is 15.8 Å². The van der Waals surface area contributed by atoms with Gasteiger partial charge in [-0.25, -0.2) is 26.2 Å². The number of fused-ring (bicyclic) bond motifs is 1. The smallest absolute Gasteiger partial charge is 0.262 e. The van der Waals surface area contributed by atoms with Gasteiger partial charge in [0.15, 0.2) is 0 Å². The van der Waals surface area contributed by atoms with Crippen molar-refractivity contribution in [3.63, 3.8) is 0 Å². The number of carbonyl (C=O) groups excluding carboxylic acids is 1. The first kappa shape index (κ1) is 33.8. The minimum Gasteiger partial charge on any atom is -0.348 e. The lowest BCUT2D eigenvalue weighted by atomic mass is 9.99. The van der Waals surface area contributed by atoms with Gasteiger partial charge in [0.05, 0.1) is 16.8 Å². The fourth-order valence-corrected chi connectivity index (χ4v) is 8.38. The normalized spacial score (nSPS) is 15.6. The minimum absolute atomic E-state index is 0.0209. The molecule has 256 valence electrons. The maximum atomic E-state index is 14.1. The van der Waals surface area contributed by atoms with Gasteiger partial charge in [-0.05, 0) is 87.1 Å². The number of aryl methyl sites for hydroxylation is 3. The molecule has 49 heavy (non-hydrogen) atoms. The number of rotatable bonds is 11. The van der Waals surface area contributed by atoms with Crippen LogP contribution in [0.3, 0.4) is 0 Å². The van der Waals surface area contributed by atoms with E-state index in [1.807, 2.05) is 6.07 Å². The summed E-state index contributed by atoms with van der Waals surface area (Å²) in [4.78, 5) is 37.0. The number of pyridine rings is 2. The average molecular weight is 689 g/mol. The van der Waals surface area contributed by atoms with Crippen LogP contribution in [0.5, 0.6) is 0 Å². The number of aromatic nitrogens is 3. The van der Waals surface area contributed by atoms with Crippen LogP contribution in [0.1, 0.15) is 58.9 Å². The lowest BCUT2D eigenvalue weighted by Crippen LogP contribution is -2.30. The van der Waals surface area contributed by atoms with Crippen LogP contribution in [0.25, 0.3) is 22.0 Å². The second-order valence-corrected chi connectivity index (χ2v) is 15.2. The molecule has 0 unspecified atom stereocenters. The monoisotopic (exact) mass is 688 g/mol. The summed E-state index contributed by atoms with van der Waals surface area (Å²) in [5.74, 6) is -2.79. The maximum absolute atomic E-state index is 14.1. The summed E-state index contributed by atoms with van der Waals surface area (Å²) < 4.78 is 55.4. The fourth-order valence-electron chi connectivity index (χ4n) is 6.32. The average Bonchev–Trinajstić information content (AvgIpc) is 3.76. The summed E-state index contributed by atoms with van der Waals surface area (Å²) in [6, 6.07) is 8.82. The van der Waals surface area contributed by atoms with Crippen molar-refractivity contribution in [2.75, 3.05) is 11.4 Å². The molecule has 2 aliphatic rings. The molecular weight excluding hydrogens is 650 g/mol. The quantitative estimate of drug-likeness (QED) is 0.179. The van der Waals surface area contributed by atoms with Crippen molar-refractivity contribution in [1.29, 1.82) is 0 Å². The molecule has 10 nitrogen and oxygen atoms in total. The highest BCUT2D eigenvalue weighted by molar-refractivity contribution is 7.91. The topological polar surface area (TPSA) is 120 Å². The molecule has 0 spiro atoms. The van der Waals surface area contributed by atoms with E-state index < -0.39 is 33.1 Å². The molecule has 6 rings (SSSR count). The number of nitrogens with zero attached hydrogens (tertiary/aromatic N) is 4. The van der Waals surface area contributed by atoms with Crippen LogP contribution in [-0.4, -0.2) is 50.4 Å². The number of aromatic amines is 1. The molecule has 0 saturated heterocycles. The van der Waals surface area contributed by atoms with Crippen LogP contribution in [-0.2, 0) is 16.6 Å². The molecule has 4 aromatic rings. The number of hydrogen-bond acceptors (Lipinski definition) is 7. The Hall–Kier alpha value is -5.04. The van der Waals surface area contributed by atoms with Gasteiger partial charge in [0.2, 0.25) is 10.0 Å². The Morgan fingerprint density at radius 2 is 1.80 bits per heavy atom. The molecule has 1 aliphatic carbocycles. The SMILES string of the molecule is C=CCC1(S(=O)(=O)n2cc(C)c3c(C(=O)NCc4c(C)cc(C)[nH]c4=O)cc(-c4ccc(N5C=CN(CC(C)(F)F)C=C5)nc4)cc32)CC1. The summed E-state index contributed by atoms with van der Waals surface area (Å²) in [7, 11) is -3.86. The molecule has 13 heteroatoms. The fraction of sp³-hybridized carbons (Fsp3) is 0.306. The minimum atomic E-state index is -3.86. The number of hydrogen-bond donors (Lipinski definition) is 2. The van der Waals surface area contributed by atoms with E-state index in [9.17, 15) is 26.8 Å².